The topological polar surface area (TPSA) is 32.9 Å². The van der Waals surface area contributed by atoms with Crippen molar-refractivity contribution in [3.63, 3.8) is 0 Å². The number of hydrogen-bond donors (Lipinski definition) is 1. The van der Waals surface area contributed by atoms with Gasteiger partial charge in [0, 0.05) is 23.5 Å². The first-order valence-corrected chi connectivity index (χ1v) is 7.64. The molecule has 3 rings (SSSR count). The number of hydrogen-bond acceptors (Lipinski definition) is 1. The van der Waals surface area contributed by atoms with Crippen LogP contribution in [0.4, 0.5) is 26.3 Å². The van der Waals surface area contributed by atoms with Gasteiger partial charge in [-0.1, -0.05) is 24.3 Å². The summed E-state index contributed by atoms with van der Waals surface area (Å²) in [6.07, 6.45) is -6.73. The molecule has 1 N–H and O–H groups in total. The molecule has 0 saturated carbocycles. The zero-order valence-corrected chi connectivity index (χ0v) is 13.4. The highest BCUT2D eigenvalue weighted by molar-refractivity contribution is 5.72. The predicted octanol–water partition coefficient (Wildman–Crippen LogP) is 5.75. The molecule has 0 saturated heterocycles. The van der Waals surface area contributed by atoms with E-state index >= 15 is 0 Å². The number of benzene rings is 2. The number of halogens is 6. The van der Waals surface area contributed by atoms with Crippen molar-refractivity contribution >= 4 is 0 Å². The number of H-pyrrole nitrogens is 1. The van der Waals surface area contributed by atoms with Crippen molar-refractivity contribution in [3.05, 3.63) is 82.3 Å². The molecule has 2 aromatic carbocycles. The minimum Gasteiger partial charge on any atom is -0.366 e. The molecular weight excluding hydrogens is 372 g/mol. The van der Waals surface area contributed by atoms with Crippen molar-refractivity contribution < 1.29 is 26.3 Å². The second kappa shape index (κ2) is 6.61. The Kier molecular flexibility index (Phi) is 4.59. The highest BCUT2D eigenvalue weighted by Gasteiger charge is 2.31. The first-order valence-electron chi connectivity index (χ1n) is 7.64. The monoisotopic (exact) mass is 383 g/mol. The summed E-state index contributed by atoms with van der Waals surface area (Å²) >= 11 is 0. The Labute approximate surface area is 149 Å². The molecule has 0 radical (unpaired) electrons. The molecule has 140 valence electrons. The summed E-state index contributed by atoms with van der Waals surface area (Å²) in [5.41, 5.74) is -2.65. The van der Waals surface area contributed by atoms with Gasteiger partial charge in [0.05, 0.1) is 11.1 Å². The average Bonchev–Trinajstić information content (AvgIpc) is 2.61. The lowest BCUT2D eigenvalue weighted by Crippen LogP contribution is -2.11. The van der Waals surface area contributed by atoms with Gasteiger partial charge >= 0.3 is 12.4 Å². The van der Waals surface area contributed by atoms with Crippen LogP contribution >= 0.6 is 0 Å². The highest BCUT2D eigenvalue weighted by atomic mass is 19.4. The molecule has 0 atom stereocenters. The zero-order chi connectivity index (χ0) is 19.8. The summed E-state index contributed by atoms with van der Waals surface area (Å²) in [4.78, 5) is 15.3. The van der Waals surface area contributed by atoms with Crippen molar-refractivity contribution in [3.8, 4) is 22.3 Å². The van der Waals surface area contributed by atoms with Gasteiger partial charge in [0.1, 0.15) is 0 Å². The van der Waals surface area contributed by atoms with Crippen LogP contribution in [0.1, 0.15) is 11.1 Å². The minimum atomic E-state index is -4.58. The molecule has 1 heterocycles. The van der Waals surface area contributed by atoms with E-state index in [1.807, 2.05) is 0 Å². The molecule has 2 nitrogen and oxygen atoms in total. The molecule has 0 bridgehead atoms. The summed E-state index contributed by atoms with van der Waals surface area (Å²) < 4.78 is 77.4. The van der Waals surface area contributed by atoms with Crippen molar-refractivity contribution in [1.29, 1.82) is 0 Å². The third kappa shape index (κ3) is 3.89. The Morgan fingerprint density at radius 1 is 0.667 bits per heavy atom. The van der Waals surface area contributed by atoms with E-state index in [9.17, 15) is 31.1 Å². The van der Waals surface area contributed by atoms with Gasteiger partial charge in [-0.15, -0.1) is 0 Å². The van der Waals surface area contributed by atoms with Crippen LogP contribution in [-0.2, 0) is 12.4 Å². The van der Waals surface area contributed by atoms with E-state index in [0.29, 0.717) is 0 Å². The van der Waals surface area contributed by atoms with Crippen LogP contribution in [0.25, 0.3) is 22.3 Å². The summed E-state index contributed by atoms with van der Waals surface area (Å²) in [6, 6.07) is 8.36. The smallest absolute Gasteiger partial charge is 0.366 e. The van der Waals surface area contributed by atoms with Gasteiger partial charge in [-0.3, -0.25) is 4.79 Å². The standard InChI is InChI=1S/C19H11F6NO/c20-18(21,22)13-5-1-3-11(7-13)15-9-26-10-16(17(15)27)12-4-2-6-14(8-12)19(23,24)25/h1-10H,(H,26,27). The molecule has 0 fully saturated rings. The Morgan fingerprint density at radius 2 is 1.07 bits per heavy atom. The van der Waals surface area contributed by atoms with Gasteiger partial charge in [0.25, 0.3) is 0 Å². The molecule has 0 spiro atoms. The molecule has 3 aromatic rings. The van der Waals surface area contributed by atoms with Crippen LogP contribution < -0.4 is 5.43 Å². The van der Waals surface area contributed by atoms with E-state index in [-0.39, 0.29) is 22.3 Å². The van der Waals surface area contributed by atoms with E-state index in [1.54, 1.807) is 0 Å². The molecule has 0 unspecified atom stereocenters. The van der Waals surface area contributed by atoms with Crippen LogP contribution in [0.15, 0.2) is 65.7 Å². The summed E-state index contributed by atoms with van der Waals surface area (Å²) in [7, 11) is 0. The SMILES string of the molecule is O=c1c(-c2cccc(C(F)(F)F)c2)c[nH]cc1-c1cccc(C(F)(F)F)c1. The van der Waals surface area contributed by atoms with E-state index in [2.05, 4.69) is 4.98 Å². The Balaban J connectivity index is 2.13. The van der Waals surface area contributed by atoms with Crippen molar-refractivity contribution in [2.45, 2.75) is 12.4 Å². The molecule has 0 aliphatic heterocycles. The maximum absolute atomic E-state index is 12.9. The number of pyridine rings is 1. The second-order valence-electron chi connectivity index (χ2n) is 5.77. The lowest BCUT2D eigenvalue weighted by molar-refractivity contribution is -0.138. The van der Waals surface area contributed by atoms with Gasteiger partial charge in [-0.05, 0) is 35.4 Å². The summed E-state index contributed by atoms with van der Waals surface area (Å²) in [5.74, 6) is 0. The second-order valence-corrected chi connectivity index (χ2v) is 5.77. The normalized spacial score (nSPS) is 12.2. The maximum Gasteiger partial charge on any atom is 0.416 e. The third-order valence-corrected chi connectivity index (χ3v) is 3.95. The fourth-order valence-corrected chi connectivity index (χ4v) is 2.64. The van der Waals surface area contributed by atoms with Crippen LogP contribution in [0, 0.1) is 0 Å². The molecular formula is C19H11F6NO. The lowest BCUT2D eigenvalue weighted by atomic mass is 9.98. The summed E-state index contributed by atoms with van der Waals surface area (Å²) in [5, 5.41) is 0. The van der Waals surface area contributed by atoms with Gasteiger partial charge in [-0.2, -0.15) is 26.3 Å². The van der Waals surface area contributed by atoms with Gasteiger partial charge < -0.3 is 4.98 Å². The van der Waals surface area contributed by atoms with Crippen molar-refractivity contribution in [2.24, 2.45) is 0 Å². The number of alkyl halides is 6. The molecule has 0 aliphatic carbocycles. The van der Waals surface area contributed by atoms with Crippen LogP contribution in [0.2, 0.25) is 0 Å². The molecule has 27 heavy (non-hydrogen) atoms. The first-order chi connectivity index (χ1) is 12.6. The third-order valence-electron chi connectivity index (χ3n) is 3.95. The molecule has 0 amide bonds. The fourth-order valence-electron chi connectivity index (χ4n) is 2.64. The Bertz CT molecular complexity index is 954. The van der Waals surface area contributed by atoms with Gasteiger partial charge in [0.2, 0.25) is 0 Å². The summed E-state index contributed by atoms with van der Waals surface area (Å²) in [6.45, 7) is 0. The number of aromatic nitrogens is 1. The largest absolute Gasteiger partial charge is 0.416 e. The first kappa shape index (κ1) is 18.8. The van der Waals surface area contributed by atoms with Crippen LogP contribution in [0.3, 0.4) is 0 Å². The van der Waals surface area contributed by atoms with E-state index in [1.165, 1.54) is 24.5 Å². The predicted molar refractivity (Wildman–Crippen MR) is 87.9 cm³/mol. The van der Waals surface area contributed by atoms with Gasteiger partial charge in [0.15, 0.2) is 5.43 Å². The quantitative estimate of drug-likeness (QED) is 0.562. The van der Waals surface area contributed by atoms with E-state index in [0.717, 1.165) is 36.4 Å². The Hall–Kier alpha value is -3.03. The number of aromatic amines is 1. The minimum absolute atomic E-state index is 0.0138. The Morgan fingerprint density at radius 3 is 1.44 bits per heavy atom. The molecule has 0 aliphatic rings. The maximum atomic E-state index is 12.9. The molecule has 8 heteroatoms. The van der Waals surface area contributed by atoms with E-state index in [4.69, 9.17) is 0 Å². The van der Waals surface area contributed by atoms with Crippen molar-refractivity contribution in [2.75, 3.05) is 0 Å². The molecule has 1 aromatic heterocycles. The van der Waals surface area contributed by atoms with E-state index < -0.39 is 28.9 Å². The zero-order valence-electron chi connectivity index (χ0n) is 13.4. The van der Waals surface area contributed by atoms with Crippen LogP contribution in [-0.4, -0.2) is 4.98 Å². The fraction of sp³-hybridized carbons (Fsp3) is 0.105. The van der Waals surface area contributed by atoms with Crippen LogP contribution in [0.5, 0.6) is 0 Å². The average molecular weight is 383 g/mol. The van der Waals surface area contributed by atoms with Gasteiger partial charge in [-0.25, -0.2) is 0 Å². The number of nitrogens with one attached hydrogen (secondary N) is 1. The lowest BCUT2D eigenvalue weighted by Gasteiger charge is -2.11. The highest BCUT2D eigenvalue weighted by Crippen LogP contribution is 2.33. The number of rotatable bonds is 2. The van der Waals surface area contributed by atoms with Crippen molar-refractivity contribution in [1.82, 2.24) is 4.98 Å².